The van der Waals surface area contributed by atoms with E-state index in [9.17, 15) is 19.7 Å². The Hall–Kier alpha value is -3.56. The Morgan fingerprint density at radius 2 is 2.03 bits per heavy atom. The molecule has 0 amide bonds. The van der Waals surface area contributed by atoms with Gasteiger partial charge in [-0.1, -0.05) is 0 Å². The second kappa shape index (κ2) is 7.12. The van der Waals surface area contributed by atoms with Crippen LogP contribution in [0.3, 0.4) is 0 Å². The van der Waals surface area contributed by atoms with Gasteiger partial charge in [-0.2, -0.15) is 0 Å². The summed E-state index contributed by atoms with van der Waals surface area (Å²) in [7, 11) is 0. The first-order valence-corrected chi connectivity index (χ1v) is 9.11. The molecule has 4 rings (SSSR count). The molecule has 0 spiro atoms. The lowest BCUT2D eigenvalue weighted by atomic mass is 9.76. The lowest BCUT2D eigenvalue weighted by Gasteiger charge is -2.32. The Morgan fingerprint density at radius 3 is 2.72 bits per heavy atom. The fourth-order valence-electron chi connectivity index (χ4n) is 3.81. The first-order chi connectivity index (χ1) is 13.9. The molecule has 0 saturated heterocycles. The van der Waals surface area contributed by atoms with Gasteiger partial charge in [0.15, 0.2) is 17.3 Å². The normalized spacial score (nSPS) is 20.3. The standard InChI is InChI=1S/C19H18N2O8/c1-2-26-19(23)17-15(16-11(22)4-3-5-12(16)29-18(17)20)9-6-13-14(28-8-27-13)7-10(9)21(24)25/h6-7,15H,2-5,8,20H2,1H3/t15-/m1/s1. The Bertz CT molecular complexity index is 994. The molecule has 10 heteroatoms. The summed E-state index contributed by atoms with van der Waals surface area (Å²) in [6.45, 7) is 1.59. The highest BCUT2D eigenvalue weighted by Gasteiger charge is 2.44. The zero-order valence-electron chi connectivity index (χ0n) is 15.6. The zero-order chi connectivity index (χ0) is 20.7. The molecule has 10 nitrogen and oxygen atoms in total. The SMILES string of the molecule is CCOC(=O)C1=C(N)OC2=C(C(=O)CCC2)[C@H]1c1cc2c(cc1[N+](=O)[O-])OCO2. The fourth-order valence-corrected chi connectivity index (χ4v) is 3.81. The molecule has 1 atom stereocenters. The maximum Gasteiger partial charge on any atom is 0.340 e. The summed E-state index contributed by atoms with van der Waals surface area (Å²) in [6.07, 6.45) is 1.25. The number of Topliss-reactive ketones (excluding diaryl/α,β-unsaturated/α-hetero) is 1. The zero-order valence-corrected chi connectivity index (χ0v) is 15.6. The number of rotatable bonds is 4. The molecule has 0 bridgehead atoms. The number of allylic oxidation sites excluding steroid dienone is 2. The summed E-state index contributed by atoms with van der Waals surface area (Å²) < 4.78 is 21.3. The van der Waals surface area contributed by atoms with Crippen molar-refractivity contribution in [1.29, 1.82) is 0 Å². The number of nitrogens with two attached hydrogens (primary N) is 1. The van der Waals surface area contributed by atoms with Crippen molar-refractivity contribution in [2.24, 2.45) is 5.73 Å². The number of benzene rings is 1. The molecule has 0 aromatic heterocycles. The average molecular weight is 402 g/mol. The molecule has 0 unspecified atom stereocenters. The van der Waals surface area contributed by atoms with Crippen molar-refractivity contribution in [3.05, 3.63) is 50.6 Å². The van der Waals surface area contributed by atoms with Crippen LogP contribution in [0.1, 0.15) is 37.7 Å². The van der Waals surface area contributed by atoms with E-state index in [0.29, 0.717) is 18.6 Å². The summed E-state index contributed by atoms with van der Waals surface area (Å²) in [6, 6.07) is 2.63. The van der Waals surface area contributed by atoms with E-state index in [1.54, 1.807) is 6.92 Å². The van der Waals surface area contributed by atoms with Gasteiger partial charge < -0.3 is 24.7 Å². The summed E-state index contributed by atoms with van der Waals surface area (Å²) >= 11 is 0. The first-order valence-electron chi connectivity index (χ1n) is 9.11. The number of ether oxygens (including phenoxy) is 4. The van der Waals surface area contributed by atoms with Gasteiger partial charge in [0.05, 0.1) is 23.5 Å². The van der Waals surface area contributed by atoms with Crippen molar-refractivity contribution < 1.29 is 33.5 Å². The van der Waals surface area contributed by atoms with Gasteiger partial charge in [-0.25, -0.2) is 4.79 Å². The summed E-state index contributed by atoms with van der Waals surface area (Å²) in [5.74, 6) is -1.56. The van der Waals surface area contributed by atoms with Gasteiger partial charge in [0.1, 0.15) is 11.3 Å². The van der Waals surface area contributed by atoms with E-state index in [-0.39, 0.29) is 65.4 Å². The van der Waals surface area contributed by atoms with Crippen LogP contribution in [0, 0.1) is 10.1 Å². The van der Waals surface area contributed by atoms with Crippen molar-refractivity contribution in [2.45, 2.75) is 32.1 Å². The van der Waals surface area contributed by atoms with Crippen LogP contribution >= 0.6 is 0 Å². The number of esters is 1. The van der Waals surface area contributed by atoms with E-state index in [0.717, 1.165) is 0 Å². The molecule has 0 radical (unpaired) electrons. The molecular weight excluding hydrogens is 384 g/mol. The number of carbonyl (C=O) groups is 2. The molecular formula is C19H18N2O8. The highest BCUT2D eigenvalue weighted by Crippen LogP contribution is 2.49. The van der Waals surface area contributed by atoms with Gasteiger partial charge in [-0.05, 0) is 19.4 Å². The molecule has 152 valence electrons. The van der Waals surface area contributed by atoms with Gasteiger partial charge in [-0.15, -0.1) is 0 Å². The van der Waals surface area contributed by atoms with Crippen LogP contribution in [0.4, 0.5) is 5.69 Å². The summed E-state index contributed by atoms with van der Waals surface area (Å²) in [5.41, 5.74) is 5.84. The molecule has 0 fully saturated rings. The molecule has 0 saturated carbocycles. The van der Waals surface area contributed by atoms with Gasteiger partial charge in [0, 0.05) is 24.0 Å². The molecule has 3 aliphatic rings. The molecule has 1 aromatic carbocycles. The number of hydrogen-bond donors (Lipinski definition) is 1. The number of hydrogen-bond acceptors (Lipinski definition) is 9. The van der Waals surface area contributed by atoms with E-state index in [4.69, 9.17) is 24.7 Å². The maximum atomic E-state index is 12.8. The summed E-state index contributed by atoms with van der Waals surface area (Å²) in [4.78, 5) is 36.7. The van der Waals surface area contributed by atoms with Crippen LogP contribution in [-0.2, 0) is 19.1 Å². The third kappa shape index (κ3) is 3.06. The van der Waals surface area contributed by atoms with Gasteiger partial charge in [-0.3, -0.25) is 14.9 Å². The van der Waals surface area contributed by atoms with Crippen LogP contribution in [0.5, 0.6) is 11.5 Å². The van der Waals surface area contributed by atoms with E-state index in [1.807, 2.05) is 0 Å². The monoisotopic (exact) mass is 402 g/mol. The van der Waals surface area contributed by atoms with Crippen molar-refractivity contribution >= 4 is 17.4 Å². The third-order valence-corrected chi connectivity index (χ3v) is 5.01. The molecule has 2 aliphatic heterocycles. The second-order valence-electron chi connectivity index (χ2n) is 6.67. The minimum absolute atomic E-state index is 0.0609. The minimum Gasteiger partial charge on any atom is -0.462 e. The van der Waals surface area contributed by atoms with Crippen molar-refractivity contribution in [2.75, 3.05) is 13.4 Å². The lowest BCUT2D eigenvalue weighted by molar-refractivity contribution is -0.385. The Kier molecular flexibility index (Phi) is 4.61. The fraction of sp³-hybridized carbons (Fsp3) is 0.368. The van der Waals surface area contributed by atoms with Crippen molar-refractivity contribution in [1.82, 2.24) is 0 Å². The quantitative estimate of drug-likeness (QED) is 0.456. The van der Waals surface area contributed by atoms with Gasteiger partial charge >= 0.3 is 5.97 Å². The number of ketones is 1. The van der Waals surface area contributed by atoms with E-state index in [1.165, 1.54) is 12.1 Å². The Balaban J connectivity index is 1.97. The predicted molar refractivity (Wildman–Crippen MR) is 96.8 cm³/mol. The minimum atomic E-state index is -1.10. The summed E-state index contributed by atoms with van der Waals surface area (Å²) in [5, 5.41) is 11.8. The Morgan fingerprint density at radius 1 is 1.31 bits per heavy atom. The second-order valence-corrected chi connectivity index (χ2v) is 6.67. The number of nitro benzene ring substituents is 1. The Labute approximate surface area is 165 Å². The molecule has 2 N–H and O–H groups in total. The van der Waals surface area contributed by atoms with E-state index < -0.39 is 16.8 Å². The van der Waals surface area contributed by atoms with Crippen molar-refractivity contribution in [3.63, 3.8) is 0 Å². The molecule has 1 aromatic rings. The number of nitrogens with zero attached hydrogens (tertiary/aromatic N) is 1. The largest absolute Gasteiger partial charge is 0.462 e. The van der Waals surface area contributed by atoms with Gasteiger partial charge in [0.2, 0.25) is 12.7 Å². The predicted octanol–water partition coefficient (Wildman–Crippen LogP) is 2.18. The van der Waals surface area contributed by atoms with Crippen LogP contribution in [0.15, 0.2) is 34.9 Å². The first kappa shape index (κ1) is 18.8. The van der Waals surface area contributed by atoms with Crippen molar-refractivity contribution in [3.8, 4) is 11.5 Å². The van der Waals surface area contributed by atoms with E-state index >= 15 is 0 Å². The molecule has 1 aliphatic carbocycles. The lowest BCUT2D eigenvalue weighted by Crippen LogP contribution is -2.31. The van der Waals surface area contributed by atoms with Crippen LogP contribution in [0.25, 0.3) is 0 Å². The number of fused-ring (bicyclic) bond motifs is 1. The van der Waals surface area contributed by atoms with Crippen LogP contribution in [0.2, 0.25) is 0 Å². The smallest absolute Gasteiger partial charge is 0.340 e. The van der Waals surface area contributed by atoms with Crippen LogP contribution < -0.4 is 15.2 Å². The third-order valence-electron chi connectivity index (χ3n) is 5.01. The van der Waals surface area contributed by atoms with E-state index in [2.05, 4.69) is 0 Å². The number of nitro groups is 1. The highest BCUT2D eigenvalue weighted by atomic mass is 16.7. The van der Waals surface area contributed by atoms with Crippen LogP contribution in [-0.4, -0.2) is 30.1 Å². The molecule has 2 heterocycles. The average Bonchev–Trinajstić information content (AvgIpc) is 3.13. The maximum absolute atomic E-state index is 12.8. The highest BCUT2D eigenvalue weighted by molar-refractivity contribution is 6.03. The number of carbonyl (C=O) groups excluding carboxylic acids is 2. The molecule has 29 heavy (non-hydrogen) atoms. The van der Waals surface area contributed by atoms with Gasteiger partial charge in [0.25, 0.3) is 5.69 Å². The topological polar surface area (TPSA) is 140 Å².